The van der Waals surface area contributed by atoms with Crippen molar-refractivity contribution in [3.05, 3.63) is 12.4 Å². The van der Waals surface area contributed by atoms with Gasteiger partial charge in [-0.05, 0) is 19.3 Å². The zero-order chi connectivity index (χ0) is 14.3. The fourth-order valence-corrected chi connectivity index (χ4v) is 2.32. The van der Waals surface area contributed by atoms with Crippen LogP contribution in [0.3, 0.4) is 0 Å². The van der Waals surface area contributed by atoms with Gasteiger partial charge in [-0.3, -0.25) is 4.79 Å². The summed E-state index contributed by atoms with van der Waals surface area (Å²) >= 11 is 0. The molecule has 0 bridgehead atoms. The van der Waals surface area contributed by atoms with Gasteiger partial charge in [-0.25, -0.2) is 0 Å². The molecule has 0 aromatic carbocycles. The second-order valence-electron chi connectivity index (χ2n) is 5.53. The SMILES string of the molecule is CCCCN1C=CN(C)C1.NC1(C(=O)O)CCCC1. The predicted molar refractivity (Wildman–Crippen MR) is 76.4 cm³/mol. The van der Waals surface area contributed by atoms with Crippen molar-refractivity contribution in [2.24, 2.45) is 5.73 Å². The maximum absolute atomic E-state index is 10.4. The van der Waals surface area contributed by atoms with Crippen LogP contribution < -0.4 is 5.73 Å². The van der Waals surface area contributed by atoms with Crippen LogP contribution in [0.15, 0.2) is 12.4 Å². The van der Waals surface area contributed by atoms with Crippen molar-refractivity contribution in [3.8, 4) is 0 Å². The van der Waals surface area contributed by atoms with Gasteiger partial charge in [0.1, 0.15) is 5.54 Å². The van der Waals surface area contributed by atoms with Gasteiger partial charge in [-0.1, -0.05) is 26.2 Å². The van der Waals surface area contributed by atoms with Gasteiger partial charge in [-0.2, -0.15) is 0 Å². The van der Waals surface area contributed by atoms with Gasteiger partial charge in [0.05, 0.1) is 6.67 Å². The second kappa shape index (κ2) is 7.38. The summed E-state index contributed by atoms with van der Waals surface area (Å²) in [7, 11) is 2.10. The van der Waals surface area contributed by atoms with E-state index in [-0.39, 0.29) is 0 Å². The Balaban J connectivity index is 0.000000191. The van der Waals surface area contributed by atoms with E-state index in [1.807, 2.05) is 0 Å². The van der Waals surface area contributed by atoms with Gasteiger partial charge in [0.2, 0.25) is 0 Å². The number of hydrogen-bond donors (Lipinski definition) is 2. The molecule has 0 aromatic rings. The van der Waals surface area contributed by atoms with Crippen molar-refractivity contribution in [3.63, 3.8) is 0 Å². The third-order valence-corrected chi connectivity index (χ3v) is 3.66. The van der Waals surface area contributed by atoms with Crippen LogP contribution >= 0.6 is 0 Å². The Morgan fingerprint density at radius 1 is 1.37 bits per heavy atom. The molecule has 0 unspecified atom stereocenters. The van der Waals surface area contributed by atoms with Crippen LogP contribution in [-0.4, -0.2) is 46.7 Å². The van der Waals surface area contributed by atoms with Crippen molar-refractivity contribution in [2.45, 2.75) is 51.0 Å². The molecule has 110 valence electrons. The number of rotatable bonds is 4. The number of nitrogens with zero attached hydrogens (tertiary/aromatic N) is 2. The Labute approximate surface area is 116 Å². The van der Waals surface area contributed by atoms with Gasteiger partial charge in [0, 0.05) is 26.0 Å². The van der Waals surface area contributed by atoms with Gasteiger partial charge in [0.15, 0.2) is 0 Å². The van der Waals surface area contributed by atoms with Crippen LogP contribution in [-0.2, 0) is 4.79 Å². The average Bonchev–Trinajstić information content (AvgIpc) is 2.97. The first-order chi connectivity index (χ1) is 8.98. The first-order valence-corrected chi connectivity index (χ1v) is 7.13. The number of unbranched alkanes of at least 4 members (excludes halogenated alkanes) is 1. The van der Waals surface area contributed by atoms with Crippen LogP contribution in [0, 0.1) is 0 Å². The first-order valence-electron chi connectivity index (χ1n) is 7.13. The minimum atomic E-state index is -0.889. The Kier molecular flexibility index (Phi) is 6.15. The maximum atomic E-state index is 10.4. The zero-order valence-electron chi connectivity index (χ0n) is 12.1. The molecule has 0 amide bonds. The molecule has 1 saturated carbocycles. The Bertz CT molecular complexity index is 312. The zero-order valence-corrected chi connectivity index (χ0v) is 12.1. The summed E-state index contributed by atoms with van der Waals surface area (Å²) in [5.41, 5.74) is 4.61. The Morgan fingerprint density at radius 2 is 2.00 bits per heavy atom. The lowest BCUT2D eigenvalue weighted by Crippen LogP contribution is -2.44. The van der Waals surface area contributed by atoms with E-state index < -0.39 is 11.5 Å². The van der Waals surface area contributed by atoms with E-state index in [1.165, 1.54) is 19.4 Å². The predicted octanol–water partition coefficient (Wildman–Crippen LogP) is 1.81. The smallest absolute Gasteiger partial charge is 0.323 e. The van der Waals surface area contributed by atoms with Gasteiger partial charge in [0.25, 0.3) is 0 Å². The van der Waals surface area contributed by atoms with E-state index in [0.29, 0.717) is 12.8 Å². The number of carboxylic acid groups (broad SMARTS) is 1. The monoisotopic (exact) mass is 269 g/mol. The molecule has 5 heteroatoms. The first kappa shape index (κ1) is 15.8. The highest BCUT2D eigenvalue weighted by molar-refractivity contribution is 5.78. The van der Waals surface area contributed by atoms with Gasteiger partial charge < -0.3 is 20.6 Å². The second-order valence-corrected chi connectivity index (χ2v) is 5.53. The summed E-state index contributed by atoms with van der Waals surface area (Å²) in [6.45, 7) is 4.50. The minimum Gasteiger partial charge on any atom is -0.480 e. The van der Waals surface area contributed by atoms with E-state index in [4.69, 9.17) is 10.8 Å². The molecule has 2 rings (SSSR count). The van der Waals surface area contributed by atoms with E-state index in [2.05, 4.69) is 36.2 Å². The fraction of sp³-hybridized carbons (Fsp3) is 0.786. The topological polar surface area (TPSA) is 69.8 Å². The third kappa shape index (κ3) is 5.11. The van der Waals surface area contributed by atoms with Gasteiger partial charge in [-0.15, -0.1) is 0 Å². The van der Waals surface area contributed by atoms with Crippen LogP contribution in [0.5, 0.6) is 0 Å². The number of hydrogen-bond acceptors (Lipinski definition) is 4. The molecule has 1 heterocycles. The number of carboxylic acids is 1. The van der Waals surface area contributed by atoms with Crippen LogP contribution in [0.4, 0.5) is 0 Å². The highest BCUT2D eigenvalue weighted by Crippen LogP contribution is 2.26. The molecule has 1 aliphatic heterocycles. The lowest BCUT2D eigenvalue weighted by molar-refractivity contribution is -0.143. The third-order valence-electron chi connectivity index (χ3n) is 3.66. The summed E-state index contributed by atoms with van der Waals surface area (Å²) in [6.07, 6.45) is 10.1. The Hall–Kier alpha value is -1.23. The minimum absolute atomic E-state index is 0.641. The number of nitrogens with two attached hydrogens (primary N) is 1. The Morgan fingerprint density at radius 3 is 2.37 bits per heavy atom. The lowest BCUT2D eigenvalue weighted by Gasteiger charge is -2.17. The molecule has 0 saturated heterocycles. The number of aliphatic carboxylic acids is 1. The fourth-order valence-electron chi connectivity index (χ4n) is 2.32. The molecule has 0 aromatic heterocycles. The summed E-state index contributed by atoms with van der Waals surface area (Å²) in [4.78, 5) is 14.9. The molecule has 3 N–H and O–H groups in total. The van der Waals surface area contributed by atoms with Crippen molar-refractivity contribution in [2.75, 3.05) is 20.3 Å². The molecular weight excluding hydrogens is 242 g/mol. The van der Waals surface area contributed by atoms with E-state index in [1.54, 1.807) is 0 Å². The molecule has 5 nitrogen and oxygen atoms in total. The molecular formula is C14H27N3O2. The van der Waals surface area contributed by atoms with Crippen LogP contribution in [0.2, 0.25) is 0 Å². The largest absolute Gasteiger partial charge is 0.480 e. The normalized spacial score (nSPS) is 20.4. The maximum Gasteiger partial charge on any atom is 0.323 e. The molecule has 0 spiro atoms. The summed E-state index contributed by atoms with van der Waals surface area (Å²) in [5.74, 6) is -0.847. The highest BCUT2D eigenvalue weighted by Gasteiger charge is 2.36. The van der Waals surface area contributed by atoms with Crippen molar-refractivity contribution < 1.29 is 9.90 Å². The lowest BCUT2D eigenvalue weighted by atomic mass is 10.0. The molecule has 19 heavy (non-hydrogen) atoms. The standard InChI is InChI=1S/C8H16N2.C6H11NO2/c1-3-4-5-10-7-6-9(2)8-10;7-6(5(8)9)3-1-2-4-6/h6-7H,3-5,8H2,1-2H3;1-4,7H2,(H,8,9). The molecule has 1 aliphatic carbocycles. The van der Waals surface area contributed by atoms with Crippen molar-refractivity contribution in [1.29, 1.82) is 0 Å². The van der Waals surface area contributed by atoms with E-state index in [9.17, 15) is 4.79 Å². The summed E-state index contributed by atoms with van der Waals surface area (Å²) < 4.78 is 0. The van der Waals surface area contributed by atoms with Crippen LogP contribution in [0.1, 0.15) is 45.4 Å². The highest BCUT2D eigenvalue weighted by atomic mass is 16.4. The van der Waals surface area contributed by atoms with Gasteiger partial charge >= 0.3 is 5.97 Å². The van der Waals surface area contributed by atoms with E-state index in [0.717, 1.165) is 19.5 Å². The average molecular weight is 269 g/mol. The molecule has 2 aliphatic rings. The molecule has 1 fully saturated rings. The molecule has 0 radical (unpaired) electrons. The van der Waals surface area contributed by atoms with E-state index >= 15 is 0 Å². The quantitative estimate of drug-likeness (QED) is 0.814. The summed E-state index contributed by atoms with van der Waals surface area (Å²) in [5, 5.41) is 8.55. The number of carbonyl (C=O) groups is 1. The van der Waals surface area contributed by atoms with Crippen molar-refractivity contribution in [1.82, 2.24) is 9.80 Å². The van der Waals surface area contributed by atoms with Crippen LogP contribution in [0.25, 0.3) is 0 Å². The van der Waals surface area contributed by atoms with Crippen molar-refractivity contribution >= 4 is 5.97 Å². The molecule has 0 atom stereocenters. The summed E-state index contributed by atoms with van der Waals surface area (Å²) in [6, 6.07) is 0.